The van der Waals surface area contributed by atoms with Crippen LogP contribution < -0.4 is 14.8 Å². The normalized spacial score (nSPS) is 11.1. The zero-order chi connectivity index (χ0) is 24.7. The molecule has 0 saturated carbocycles. The van der Waals surface area contributed by atoms with Crippen molar-refractivity contribution in [3.8, 4) is 11.5 Å². The van der Waals surface area contributed by atoms with E-state index in [-0.39, 0.29) is 28.1 Å². The summed E-state index contributed by atoms with van der Waals surface area (Å²) in [5.74, 6) is 0.772. The third kappa shape index (κ3) is 6.17. The number of aromatic nitrogens is 3. The molecule has 0 aliphatic carbocycles. The molecule has 0 aliphatic heterocycles. The van der Waals surface area contributed by atoms with Gasteiger partial charge < -0.3 is 19.4 Å². The lowest BCUT2D eigenvalue weighted by Gasteiger charge is -2.12. The van der Waals surface area contributed by atoms with Crippen LogP contribution in [0, 0.1) is 6.92 Å². The molecule has 0 spiro atoms. The number of carbonyl (C=O) groups is 1. The van der Waals surface area contributed by atoms with Crippen LogP contribution in [0.25, 0.3) is 0 Å². The molecule has 11 heteroatoms. The highest BCUT2D eigenvalue weighted by Crippen LogP contribution is 2.29. The summed E-state index contributed by atoms with van der Waals surface area (Å²) in [6, 6.07) is 11.7. The maximum atomic E-state index is 12.9. The number of thioether (sulfide) groups is 1. The van der Waals surface area contributed by atoms with Crippen LogP contribution in [-0.2, 0) is 26.9 Å². The van der Waals surface area contributed by atoms with Crippen molar-refractivity contribution in [3.05, 3.63) is 66.5 Å². The Kier molecular flexibility index (Phi) is 8.35. The van der Waals surface area contributed by atoms with E-state index in [2.05, 4.69) is 22.1 Å². The molecule has 1 aromatic heterocycles. The first-order chi connectivity index (χ1) is 16.3. The predicted molar refractivity (Wildman–Crippen MR) is 131 cm³/mol. The van der Waals surface area contributed by atoms with Gasteiger partial charge in [-0.25, -0.2) is 8.42 Å². The molecule has 0 aliphatic rings. The van der Waals surface area contributed by atoms with Gasteiger partial charge in [-0.1, -0.05) is 35.5 Å². The fourth-order valence-electron chi connectivity index (χ4n) is 3.07. The second kappa shape index (κ2) is 11.2. The van der Waals surface area contributed by atoms with E-state index in [9.17, 15) is 13.2 Å². The molecular formula is C23H26N4O5S2. The summed E-state index contributed by atoms with van der Waals surface area (Å²) in [6.45, 7) is 5.92. The highest BCUT2D eigenvalue weighted by atomic mass is 32.2. The number of amides is 1. The van der Waals surface area contributed by atoms with Gasteiger partial charge in [-0.2, -0.15) is 0 Å². The summed E-state index contributed by atoms with van der Waals surface area (Å²) in [7, 11) is -0.572. The van der Waals surface area contributed by atoms with E-state index in [0.717, 1.165) is 17.3 Å². The minimum Gasteiger partial charge on any atom is -0.497 e. The van der Waals surface area contributed by atoms with E-state index in [0.29, 0.717) is 28.9 Å². The van der Waals surface area contributed by atoms with Crippen molar-refractivity contribution >= 4 is 33.2 Å². The maximum Gasteiger partial charge on any atom is 0.234 e. The van der Waals surface area contributed by atoms with Crippen molar-refractivity contribution in [2.24, 2.45) is 0 Å². The Bertz CT molecular complexity index is 1270. The van der Waals surface area contributed by atoms with Crippen molar-refractivity contribution < 1.29 is 22.7 Å². The molecule has 3 aromatic rings. The lowest BCUT2D eigenvalue weighted by Crippen LogP contribution is -2.16. The fraction of sp³-hybridized carbons (Fsp3) is 0.261. The number of rotatable bonds is 11. The molecule has 0 fully saturated rings. The number of hydrogen-bond acceptors (Lipinski definition) is 8. The van der Waals surface area contributed by atoms with Crippen molar-refractivity contribution in [2.75, 3.05) is 25.3 Å². The van der Waals surface area contributed by atoms with Gasteiger partial charge in [0, 0.05) is 12.6 Å². The van der Waals surface area contributed by atoms with Crippen molar-refractivity contribution in [3.63, 3.8) is 0 Å². The quantitative estimate of drug-likeness (QED) is 0.313. The smallest absolute Gasteiger partial charge is 0.234 e. The molecule has 1 heterocycles. The first-order valence-electron chi connectivity index (χ1n) is 10.2. The minimum atomic E-state index is -3.62. The Morgan fingerprint density at radius 1 is 1.15 bits per heavy atom. The number of nitrogens with zero attached hydrogens (tertiary/aromatic N) is 3. The monoisotopic (exact) mass is 502 g/mol. The van der Waals surface area contributed by atoms with Crippen LogP contribution in [0.4, 0.5) is 5.69 Å². The summed E-state index contributed by atoms with van der Waals surface area (Å²) in [4.78, 5) is 12.8. The van der Waals surface area contributed by atoms with Gasteiger partial charge in [-0.15, -0.1) is 16.8 Å². The second-order valence-electron chi connectivity index (χ2n) is 7.27. The molecule has 0 unspecified atom stereocenters. The van der Waals surface area contributed by atoms with Crippen LogP contribution in [-0.4, -0.2) is 49.1 Å². The Balaban J connectivity index is 1.73. The summed E-state index contributed by atoms with van der Waals surface area (Å²) in [5, 5.41) is 11.4. The van der Waals surface area contributed by atoms with Crippen LogP contribution in [0.5, 0.6) is 11.5 Å². The lowest BCUT2D eigenvalue weighted by molar-refractivity contribution is -0.113. The third-order valence-corrected chi connectivity index (χ3v) is 7.41. The number of methoxy groups -OCH3 is 2. The Hall–Kier alpha value is -3.31. The van der Waals surface area contributed by atoms with E-state index in [1.54, 1.807) is 53.1 Å². The molecule has 0 radical (unpaired) electrons. The van der Waals surface area contributed by atoms with Gasteiger partial charge in [0.25, 0.3) is 0 Å². The Morgan fingerprint density at radius 2 is 1.88 bits per heavy atom. The standard InChI is InChI=1S/C23H26N4O5S2/c1-5-12-27-21(15-34(29,30)18-9-6-16(2)7-10-18)25-26-23(27)33-14-22(28)24-19-13-17(31-3)8-11-20(19)32-4/h5-11,13H,1,12,14-15H2,2-4H3,(H,24,28). The molecule has 2 aromatic carbocycles. The first kappa shape index (κ1) is 25.3. The number of allylic oxidation sites excluding steroid dienone is 1. The van der Waals surface area contributed by atoms with E-state index in [4.69, 9.17) is 9.47 Å². The molecule has 180 valence electrons. The van der Waals surface area contributed by atoms with Crippen molar-refractivity contribution in [2.45, 2.75) is 29.3 Å². The molecule has 34 heavy (non-hydrogen) atoms. The average Bonchev–Trinajstić information content (AvgIpc) is 3.18. The summed E-state index contributed by atoms with van der Waals surface area (Å²) >= 11 is 1.15. The molecule has 3 rings (SSSR count). The van der Waals surface area contributed by atoms with Gasteiger partial charge in [0.15, 0.2) is 15.0 Å². The van der Waals surface area contributed by atoms with E-state index >= 15 is 0 Å². The van der Waals surface area contributed by atoms with E-state index in [1.807, 2.05) is 6.92 Å². The summed E-state index contributed by atoms with van der Waals surface area (Å²) < 4.78 is 37.8. The minimum absolute atomic E-state index is 0.0281. The molecule has 0 saturated heterocycles. The van der Waals surface area contributed by atoms with Crippen LogP contribution in [0.15, 0.2) is 65.2 Å². The maximum absolute atomic E-state index is 12.9. The van der Waals surface area contributed by atoms with Crippen LogP contribution in [0.1, 0.15) is 11.4 Å². The molecule has 1 amide bonds. The highest BCUT2D eigenvalue weighted by molar-refractivity contribution is 7.99. The van der Waals surface area contributed by atoms with Gasteiger partial charge in [0.2, 0.25) is 5.91 Å². The largest absolute Gasteiger partial charge is 0.497 e. The molecule has 0 bridgehead atoms. The number of anilines is 1. The summed E-state index contributed by atoms with van der Waals surface area (Å²) in [6.07, 6.45) is 1.62. The lowest BCUT2D eigenvalue weighted by atomic mass is 10.2. The number of benzene rings is 2. The number of ether oxygens (including phenoxy) is 2. The predicted octanol–water partition coefficient (Wildman–Crippen LogP) is 3.49. The Morgan fingerprint density at radius 3 is 2.53 bits per heavy atom. The zero-order valence-electron chi connectivity index (χ0n) is 19.1. The van der Waals surface area contributed by atoms with Gasteiger partial charge in [0.1, 0.15) is 23.1 Å². The van der Waals surface area contributed by atoms with E-state index in [1.165, 1.54) is 14.2 Å². The SMILES string of the molecule is C=CCn1c(CS(=O)(=O)c2ccc(C)cc2)nnc1SCC(=O)Nc1cc(OC)ccc1OC. The number of sulfone groups is 1. The van der Waals surface area contributed by atoms with Crippen LogP contribution in [0.3, 0.4) is 0 Å². The van der Waals surface area contributed by atoms with Gasteiger partial charge in [-0.05, 0) is 31.2 Å². The summed E-state index contributed by atoms with van der Waals surface area (Å²) in [5.41, 5.74) is 1.45. The zero-order valence-corrected chi connectivity index (χ0v) is 20.8. The van der Waals surface area contributed by atoms with Crippen molar-refractivity contribution in [1.82, 2.24) is 14.8 Å². The second-order valence-corrected chi connectivity index (χ2v) is 10.2. The fourth-order valence-corrected chi connectivity index (χ4v) is 5.11. The first-order valence-corrected chi connectivity index (χ1v) is 12.9. The number of aryl methyl sites for hydroxylation is 1. The highest BCUT2D eigenvalue weighted by Gasteiger charge is 2.22. The number of carbonyl (C=O) groups excluding carboxylic acids is 1. The topological polar surface area (TPSA) is 112 Å². The van der Waals surface area contributed by atoms with Gasteiger partial charge in [0.05, 0.1) is 30.6 Å². The molecule has 0 atom stereocenters. The van der Waals surface area contributed by atoms with E-state index < -0.39 is 9.84 Å². The van der Waals surface area contributed by atoms with Gasteiger partial charge in [-0.3, -0.25) is 4.79 Å². The third-order valence-electron chi connectivity index (χ3n) is 4.82. The van der Waals surface area contributed by atoms with Crippen LogP contribution >= 0.6 is 11.8 Å². The Labute approximate surface area is 203 Å². The molecular weight excluding hydrogens is 476 g/mol. The average molecular weight is 503 g/mol. The number of hydrogen-bond donors (Lipinski definition) is 1. The van der Waals surface area contributed by atoms with Gasteiger partial charge >= 0.3 is 0 Å². The molecule has 1 N–H and O–H groups in total. The molecule has 9 nitrogen and oxygen atoms in total. The van der Waals surface area contributed by atoms with Crippen LogP contribution in [0.2, 0.25) is 0 Å². The number of nitrogens with one attached hydrogen (secondary N) is 1. The van der Waals surface area contributed by atoms with Crippen molar-refractivity contribution in [1.29, 1.82) is 0 Å².